The zero-order valence-electron chi connectivity index (χ0n) is 74.6. The van der Waals surface area contributed by atoms with E-state index in [9.17, 15) is 28.8 Å². The average molecular weight is 1420 g/mol. The largest absolute Gasteiger partial charge is 0.329 e. The van der Waals surface area contributed by atoms with Gasteiger partial charge in [0.2, 0.25) is 23.6 Å². The lowest BCUT2D eigenvalue weighted by atomic mass is 9.76. The first kappa shape index (κ1) is 95.3. The molecule has 8 heterocycles. The summed E-state index contributed by atoms with van der Waals surface area (Å²) < 4.78 is 0. The summed E-state index contributed by atoms with van der Waals surface area (Å²) >= 11 is 0. The standard InChI is InChI=1S/2C13H22N2O2.2C10H19NO.2C10H21N.2C9H21N/c2*1-12(2)7-9(8-13(3,4)14(12)5)15-10(16)6-11(15)17;2*1-9(2)6-8(12)7-10(3,4)11(9)5;2*1-9(2)7-6-8-10(3,4)11(9)5;2*1-8(2,3)10(7)9(4,5)6/h2*9H,6-8H2,1-5H3;2*6-7H2,1-5H3;2*6-8H2,1-5H3;2*1-7H3/p+4. The Kier molecular flexibility index (Phi) is 31.3. The maximum Gasteiger partial charge on any atom is 0.238 e. The number of likely N-dealkylation sites (tertiary alicyclic amines) is 8. The highest BCUT2D eigenvalue weighted by molar-refractivity contribution is 6.15. The number of imide groups is 2. The fourth-order valence-corrected chi connectivity index (χ4v) is 17.5. The third-order valence-electron chi connectivity index (χ3n) is 26.9. The van der Waals surface area contributed by atoms with Gasteiger partial charge in [-0.3, -0.25) is 58.2 Å². The molecule has 0 aromatic carbocycles. The zero-order chi connectivity index (χ0) is 79.7. The number of hydrogen-bond acceptors (Lipinski definition) is 10. The van der Waals surface area contributed by atoms with Crippen molar-refractivity contribution >= 4 is 35.2 Å². The molecule has 588 valence electrons. The molecule has 0 bridgehead atoms. The third kappa shape index (κ3) is 25.8. The van der Waals surface area contributed by atoms with Crippen LogP contribution in [0.15, 0.2) is 0 Å². The third-order valence-corrected chi connectivity index (χ3v) is 26.9. The molecule has 0 aromatic heterocycles. The molecule has 0 spiro atoms. The molecule has 8 aliphatic heterocycles. The number of carbonyl (C=O) groups is 6. The van der Waals surface area contributed by atoms with E-state index in [1.807, 2.05) is 0 Å². The highest BCUT2D eigenvalue weighted by Crippen LogP contribution is 2.41. The summed E-state index contributed by atoms with van der Waals surface area (Å²) in [4.78, 5) is 87.7. The van der Waals surface area contributed by atoms with Gasteiger partial charge in [-0.25, -0.2) is 0 Å². The molecule has 16 nitrogen and oxygen atoms in total. The van der Waals surface area contributed by atoms with E-state index >= 15 is 0 Å². The fraction of sp³-hybridized carbons (Fsp3) is 0.929. The van der Waals surface area contributed by atoms with Gasteiger partial charge in [0, 0.05) is 88.9 Å². The Morgan fingerprint density at radius 1 is 0.350 bits per heavy atom. The van der Waals surface area contributed by atoms with Gasteiger partial charge in [-0.1, -0.05) is 0 Å². The second-order valence-electron chi connectivity index (χ2n) is 44.0. The summed E-state index contributed by atoms with van der Waals surface area (Å²) in [5.74, 6) is 0.809. The van der Waals surface area contributed by atoms with E-state index in [-0.39, 0.29) is 104 Å². The Balaban J connectivity index is 0.000000577. The lowest BCUT2D eigenvalue weighted by Gasteiger charge is -2.56. The number of ketones is 2. The Morgan fingerprint density at radius 2 is 0.590 bits per heavy atom. The van der Waals surface area contributed by atoms with Gasteiger partial charge in [0.15, 0.2) is 0 Å². The van der Waals surface area contributed by atoms with E-state index < -0.39 is 0 Å². The van der Waals surface area contributed by atoms with Gasteiger partial charge in [0.1, 0.15) is 24.4 Å². The summed E-state index contributed by atoms with van der Waals surface area (Å²) in [5, 5.41) is 0. The molecule has 8 fully saturated rings. The van der Waals surface area contributed by atoms with Crippen molar-refractivity contribution in [2.75, 3.05) is 56.4 Å². The highest BCUT2D eigenvalue weighted by atomic mass is 16.2. The Labute approximate surface area is 619 Å². The molecule has 0 radical (unpaired) electrons. The highest BCUT2D eigenvalue weighted by Gasteiger charge is 2.54. The molecule has 0 unspecified atom stereocenters. The molecular weight excluding hydrogens is 1240 g/mol. The van der Waals surface area contributed by atoms with Gasteiger partial charge >= 0.3 is 0 Å². The molecular formula is C84H170N10O6+4. The second kappa shape index (κ2) is 32.8. The lowest BCUT2D eigenvalue weighted by Crippen LogP contribution is -3.24. The number of nitrogens with zero attached hydrogens (tertiary/aromatic N) is 6. The van der Waals surface area contributed by atoms with Crippen molar-refractivity contribution in [2.45, 2.75) is 453 Å². The van der Waals surface area contributed by atoms with Crippen molar-refractivity contribution in [3.05, 3.63) is 0 Å². The van der Waals surface area contributed by atoms with Crippen molar-refractivity contribution in [2.24, 2.45) is 0 Å². The minimum absolute atomic E-state index is 0.00356. The maximum atomic E-state index is 11.5. The van der Waals surface area contributed by atoms with Crippen LogP contribution in [-0.4, -0.2) is 222 Å². The number of hydrogen-bond donors (Lipinski definition) is 4. The molecule has 0 atom stereocenters. The minimum Gasteiger partial charge on any atom is -0.329 e. The first-order chi connectivity index (χ1) is 43.8. The van der Waals surface area contributed by atoms with E-state index in [0.29, 0.717) is 57.6 Å². The van der Waals surface area contributed by atoms with Gasteiger partial charge in [0.05, 0.1) is 91.4 Å². The molecule has 0 aromatic rings. The summed E-state index contributed by atoms with van der Waals surface area (Å²) in [5.41, 5.74) is 3.56. The van der Waals surface area contributed by atoms with Crippen LogP contribution < -0.4 is 19.6 Å². The molecule has 8 aliphatic rings. The summed E-state index contributed by atoms with van der Waals surface area (Å²) in [6.45, 7) is 80.7. The Hall–Kier alpha value is -2.70. The topological polar surface area (TPSA) is 140 Å². The monoisotopic (exact) mass is 1420 g/mol. The molecule has 16 heteroatoms. The van der Waals surface area contributed by atoms with Crippen molar-refractivity contribution < 1.29 is 48.4 Å². The van der Waals surface area contributed by atoms with E-state index in [4.69, 9.17) is 0 Å². The minimum atomic E-state index is -0.00356. The van der Waals surface area contributed by atoms with E-state index in [0.717, 1.165) is 38.5 Å². The van der Waals surface area contributed by atoms with E-state index in [1.165, 1.54) is 58.1 Å². The maximum absolute atomic E-state index is 11.5. The van der Waals surface area contributed by atoms with Gasteiger partial charge in [-0.2, -0.15) is 0 Å². The normalized spacial score (nSPS) is 27.5. The Bertz CT molecular complexity index is 2390. The first-order valence-electron chi connectivity index (χ1n) is 38.9. The summed E-state index contributed by atoms with van der Waals surface area (Å²) in [6.07, 6.45) is 14.8. The van der Waals surface area contributed by atoms with Crippen LogP contribution in [0.5, 0.6) is 0 Å². The molecule has 0 saturated carbocycles. The number of rotatable bonds is 2. The van der Waals surface area contributed by atoms with Crippen LogP contribution in [0, 0.1) is 0 Å². The number of carbonyl (C=O) groups excluding carboxylic acids is 6. The van der Waals surface area contributed by atoms with Gasteiger partial charge < -0.3 is 19.6 Å². The summed E-state index contributed by atoms with van der Waals surface area (Å²) in [7, 11) is 17.6. The fourth-order valence-electron chi connectivity index (χ4n) is 17.5. The van der Waals surface area contributed by atoms with Crippen molar-refractivity contribution in [1.29, 1.82) is 0 Å². The van der Waals surface area contributed by atoms with Gasteiger partial charge in [-0.05, 0) is 316 Å². The lowest BCUT2D eigenvalue weighted by molar-refractivity contribution is -0.983. The number of quaternary nitrogens is 4. The summed E-state index contributed by atoms with van der Waals surface area (Å²) in [6, 6.07) is 0.169. The smallest absolute Gasteiger partial charge is 0.238 e. The van der Waals surface area contributed by atoms with Crippen LogP contribution in [0.2, 0.25) is 0 Å². The quantitative estimate of drug-likeness (QED) is 0.156. The van der Waals surface area contributed by atoms with Crippen LogP contribution in [-0.2, 0) is 28.8 Å². The molecule has 100 heavy (non-hydrogen) atoms. The zero-order valence-corrected chi connectivity index (χ0v) is 74.6. The van der Waals surface area contributed by atoms with Crippen LogP contribution in [0.1, 0.15) is 352 Å². The first-order valence-corrected chi connectivity index (χ1v) is 38.9. The van der Waals surface area contributed by atoms with Crippen molar-refractivity contribution in [3.63, 3.8) is 0 Å². The van der Waals surface area contributed by atoms with Crippen LogP contribution in [0.25, 0.3) is 0 Å². The van der Waals surface area contributed by atoms with Gasteiger partial charge in [-0.15, -0.1) is 0 Å². The molecule has 8 rings (SSSR count). The molecule has 4 amide bonds. The Morgan fingerprint density at radius 3 is 0.830 bits per heavy atom. The predicted octanol–water partition coefficient (Wildman–Crippen LogP) is 11.2. The predicted molar refractivity (Wildman–Crippen MR) is 422 cm³/mol. The van der Waals surface area contributed by atoms with Crippen LogP contribution in [0.4, 0.5) is 0 Å². The van der Waals surface area contributed by atoms with Crippen molar-refractivity contribution in [1.82, 2.24) is 29.4 Å². The molecule has 0 aliphatic carbocycles. The second-order valence-corrected chi connectivity index (χ2v) is 44.0. The van der Waals surface area contributed by atoms with Crippen LogP contribution >= 0.6 is 0 Å². The van der Waals surface area contributed by atoms with Crippen molar-refractivity contribution in [3.8, 4) is 0 Å². The molecule has 8 saturated heterocycles. The number of nitrogens with one attached hydrogen (secondary N) is 4. The van der Waals surface area contributed by atoms with Crippen LogP contribution in [0.3, 0.4) is 0 Å². The van der Waals surface area contributed by atoms with E-state index in [2.05, 4.69) is 325 Å². The van der Waals surface area contributed by atoms with E-state index in [1.54, 1.807) is 9.80 Å². The molecule has 4 N–H and O–H groups in total. The number of amides is 4. The number of Topliss-reactive ketones (excluding diaryl/α,β-unsaturated/α-hetero) is 2. The number of β-lactam (4-membered cyclic amide) rings is 4. The average Bonchev–Trinajstić information content (AvgIpc) is 0.759. The van der Waals surface area contributed by atoms with Gasteiger partial charge in [0.25, 0.3) is 0 Å². The number of piperidine rings is 6. The SMILES string of the molecule is CN(C(C)(C)C)C(C)(C)C.CN1C(C)(C)CC(=O)CC1(C)C.CN1C(C)(C)CC(N2C(=O)CC2=O)CC1(C)C.CN1C(C)(C)CCCC1(C)C.C[NH+](C(C)(C)C)C(C)(C)C.C[NH+]1C(C)(C)CC(=O)CC1(C)C.C[NH+]1C(C)(C)CC(N2C(=O)CC2=O)CC1(C)C.C[NH+]1C(C)(C)CCCC1(C)C.